The molecule has 0 amide bonds. The van der Waals surface area contributed by atoms with Crippen LogP contribution in [-0.2, 0) is 13.5 Å². The molecule has 1 aliphatic rings. The van der Waals surface area contributed by atoms with Crippen molar-refractivity contribution < 1.29 is 0 Å². The van der Waals surface area contributed by atoms with Gasteiger partial charge in [-0.3, -0.25) is 4.40 Å². The second-order valence-electron chi connectivity index (χ2n) is 7.02. The molecule has 7 heteroatoms. The monoisotopic (exact) mass is 366 g/mol. The minimum Gasteiger partial charge on any atom is -0.317 e. The smallest absolute Gasteiger partial charge is 0.194 e. The maximum Gasteiger partial charge on any atom is 0.194 e. The molecule has 1 fully saturated rings. The highest BCUT2D eigenvalue weighted by Crippen LogP contribution is 2.33. The summed E-state index contributed by atoms with van der Waals surface area (Å²) in [7, 11) is 1.88. The van der Waals surface area contributed by atoms with Gasteiger partial charge in [0.05, 0.1) is 10.6 Å². The van der Waals surface area contributed by atoms with Crippen LogP contribution in [0.3, 0.4) is 0 Å². The normalized spacial score (nSPS) is 16.1. The number of thiazole rings is 1. The Kier molecular flexibility index (Phi) is 3.79. The third kappa shape index (κ3) is 2.62. The maximum absolute atomic E-state index is 4.91. The van der Waals surface area contributed by atoms with Crippen LogP contribution in [0.5, 0.6) is 0 Å². The molecule has 3 aromatic heterocycles. The standard InChI is InChI=1S/C19H22N6S/c1-3-12-8-14(9-15-18(12)23-24(2)22-15)17-11-25-10-16(21-19(25)26-17)13-4-6-20-7-5-13/h8-11,13,20H,3-7H2,1-2H3. The predicted molar refractivity (Wildman–Crippen MR) is 105 cm³/mol. The van der Waals surface area contributed by atoms with Crippen LogP contribution in [0.4, 0.5) is 0 Å². The van der Waals surface area contributed by atoms with Crippen LogP contribution >= 0.6 is 11.3 Å². The third-order valence-electron chi connectivity index (χ3n) is 5.26. The van der Waals surface area contributed by atoms with E-state index in [1.807, 2.05) is 7.05 Å². The number of hydrogen-bond donors (Lipinski definition) is 1. The molecule has 4 heterocycles. The topological polar surface area (TPSA) is 60.0 Å². The van der Waals surface area contributed by atoms with Gasteiger partial charge in [-0.25, -0.2) is 4.98 Å². The van der Waals surface area contributed by atoms with Crippen LogP contribution in [0.2, 0.25) is 0 Å². The molecule has 0 bridgehead atoms. The lowest BCUT2D eigenvalue weighted by molar-refractivity contribution is 0.454. The summed E-state index contributed by atoms with van der Waals surface area (Å²) < 4.78 is 2.18. The quantitative estimate of drug-likeness (QED) is 0.604. The fraction of sp³-hybridized carbons (Fsp3) is 0.421. The van der Waals surface area contributed by atoms with Crippen LogP contribution < -0.4 is 5.32 Å². The van der Waals surface area contributed by atoms with Gasteiger partial charge in [0.2, 0.25) is 0 Å². The molecule has 1 aliphatic heterocycles. The van der Waals surface area contributed by atoms with Crippen molar-refractivity contribution in [2.45, 2.75) is 32.1 Å². The maximum atomic E-state index is 4.91. The zero-order valence-electron chi connectivity index (χ0n) is 15.1. The fourth-order valence-electron chi connectivity index (χ4n) is 3.87. The first-order valence-electron chi connectivity index (χ1n) is 9.24. The average molecular weight is 366 g/mol. The van der Waals surface area contributed by atoms with E-state index in [0.717, 1.165) is 35.5 Å². The molecule has 0 spiro atoms. The minimum absolute atomic E-state index is 0.592. The Morgan fingerprint density at radius 1 is 1.19 bits per heavy atom. The molecule has 1 N–H and O–H groups in total. The van der Waals surface area contributed by atoms with Gasteiger partial charge in [-0.2, -0.15) is 15.0 Å². The SMILES string of the molecule is CCc1cc(-c2cn3cc(C4CCNCC4)nc3s2)cc2nn(C)nc12. The molecule has 1 saturated heterocycles. The summed E-state index contributed by atoms with van der Waals surface area (Å²) in [5.74, 6) is 0.592. The van der Waals surface area contributed by atoms with Gasteiger partial charge in [0, 0.05) is 25.4 Å². The molecule has 134 valence electrons. The number of nitrogens with one attached hydrogen (secondary N) is 1. The van der Waals surface area contributed by atoms with E-state index in [0.29, 0.717) is 5.92 Å². The Balaban J connectivity index is 1.54. The van der Waals surface area contributed by atoms with E-state index in [-0.39, 0.29) is 0 Å². The van der Waals surface area contributed by atoms with Gasteiger partial charge < -0.3 is 5.32 Å². The van der Waals surface area contributed by atoms with E-state index in [1.165, 1.54) is 34.5 Å². The van der Waals surface area contributed by atoms with Crippen LogP contribution in [0, 0.1) is 0 Å². The number of benzene rings is 1. The highest BCUT2D eigenvalue weighted by molar-refractivity contribution is 7.20. The number of fused-ring (bicyclic) bond motifs is 2. The van der Waals surface area contributed by atoms with Gasteiger partial charge in [0.25, 0.3) is 0 Å². The lowest BCUT2D eigenvalue weighted by Crippen LogP contribution is -2.26. The molecule has 0 unspecified atom stereocenters. The second-order valence-corrected chi connectivity index (χ2v) is 8.03. The number of hydrogen-bond acceptors (Lipinski definition) is 5. The number of imidazole rings is 1. The Bertz CT molecular complexity index is 1050. The van der Waals surface area contributed by atoms with E-state index < -0.39 is 0 Å². The van der Waals surface area contributed by atoms with Gasteiger partial charge in [0.15, 0.2) is 4.96 Å². The van der Waals surface area contributed by atoms with E-state index in [4.69, 9.17) is 4.98 Å². The second kappa shape index (κ2) is 6.17. The van der Waals surface area contributed by atoms with Crippen molar-refractivity contribution in [2.75, 3.05) is 13.1 Å². The lowest BCUT2D eigenvalue weighted by Gasteiger charge is -2.20. The average Bonchev–Trinajstić information content (AvgIpc) is 3.33. The number of piperidine rings is 1. The first kappa shape index (κ1) is 16.0. The molecule has 5 rings (SSSR count). The summed E-state index contributed by atoms with van der Waals surface area (Å²) in [6.45, 7) is 4.36. The number of nitrogens with zero attached hydrogens (tertiary/aromatic N) is 5. The van der Waals surface area contributed by atoms with Gasteiger partial charge in [0.1, 0.15) is 11.0 Å². The molecular weight excluding hydrogens is 344 g/mol. The van der Waals surface area contributed by atoms with E-state index in [9.17, 15) is 0 Å². The first-order chi connectivity index (χ1) is 12.7. The fourth-order valence-corrected chi connectivity index (χ4v) is 4.83. The Morgan fingerprint density at radius 2 is 2.04 bits per heavy atom. The Morgan fingerprint density at radius 3 is 2.81 bits per heavy atom. The lowest BCUT2D eigenvalue weighted by atomic mass is 9.95. The summed E-state index contributed by atoms with van der Waals surface area (Å²) in [5.41, 5.74) is 5.65. The van der Waals surface area contributed by atoms with Crippen LogP contribution in [0.25, 0.3) is 26.4 Å². The van der Waals surface area contributed by atoms with E-state index in [1.54, 1.807) is 16.1 Å². The molecule has 1 aromatic carbocycles. The van der Waals surface area contributed by atoms with Gasteiger partial charge in [-0.05, 0) is 55.6 Å². The molecule has 26 heavy (non-hydrogen) atoms. The number of rotatable bonds is 3. The predicted octanol–water partition coefficient (Wildman–Crippen LogP) is 3.37. The molecule has 0 atom stereocenters. The highest BCUT2D eigenvalue weighted by Gasteiger charge is 2.19. The van der Waals surface area contributed by atoms with Crippen LogP contribution in [-0.4, -0.2) is 37.5 Å². The summed E-state index contributed by atoms with van der Waals surface area (Å²) >= 11 is 1.75. The Labute approximate surface area is 155 Å². The molecule has 0 saturated carbocycles. The van der Waals surface area contributed by atoms with E-state index >= 15 is 0 Å². The minimum atomic E-state index is 0.592. The molecule has 6 nitrogen and oxygen atoms in total. The van der Waals surface area contributed by atoms with Gasteiger partial charge in [-0.15, -0.1) is 0 Å². The zero-order valence-corrected chi connectivity index (χ0v) is 15.9. The van der Waals surface area contributed by atoms with Crippen molar-refractivity contribution in [3.05, 3.63) is 35.8 Å². The molecule has 0 aliphatic carbocycles. The van der Waals surface area contributed by atoms with Crippen molar-refractivity contribution in [3.63, 3.8) is 0 Å². The van der Waals surface area contributed by atoms with E-state index in [2.05, 4.69) is 51.4 Å². The van der Waals surface area contributed by atoms with Crippen LogP contribution in [0.15, 0.2) is 24.5 Å². The summed E-state index contributed by atoms with van der Waals surface area (Å²) in [4.78, 5) is 8.87. The molecular formula is C19H22N6S. The largest absolute Gasteiger partial charge is 0.317 e. The van der Waals surface area contributed by atoms with Crippen molar-refractivity contribution in [1.29, 1.82) is 0 Å². The summed E-state index contributed by atoms with van der Waals surface area (Å²) in [5, 5.41) is 12.4. The number of aromatic nitrogens is 5. The molecule has 4 aromatic rings. The van der Waals surface area contributed by atoms with Gasteiger partial charge >= 0.3 is 0 Å². The Hall–Kier alpha value is -2.25. The zero-order chi connectivity index (χ0) is 17.7. The number of aryl methyl sites for hydroxylation is 2. The first-order valence-corrected chi connectivity index (χ1v) is 10.1. The van der Waals surface area contributed by atoms with Gasteiger partial charge in [-0.1, -0.05) is 18.3 Å². The third-order valence-corrected chi connectivity index (χ3v) is 6.31. The summed E-state index contributed by atoms with van der Waals surface area (Å²) in [6, 6.07) is 4.39. The van der Waals surface area contributed by atoms with Crippen LogP contribution in [0.1, 0.15) is 36.9 Å². The summed E-state index contributed by atoms with van der Waals surface area (Å²) in [6.07, 6.45) is 7.73. The van der Waals surface area contributed by atoms with Crippen molar-refractivity contribution in [1.82, 2.24) is 29.7 Å². The molecule has 0 radical (unpaired) electrons. The van der Waals surface area contributed by atoms with Crippen molar-refractivity contribution in [2.24, 2.45) is 7.05 Å². The highest BCUT2D eigenvalue weighted by atomic mass is 32.1. The van der Waals surface area contributed by atoms with Crippen molar-refractivity contribution >= 4 is 27.3 Å². The van der Waals surface area contributed by atoms with Crippen molar-refractivity contribution in [3.8, 4) is 10.4 Å².